The van der Waals surface area contributed by atoms with Crippen molar-refractivity contribution >= 4 is 15.9 Å². The van der Waals surface area contributed by atoms with Crippen molar-refractivity contribution in [3.8, 4) is 5.75 Å². The molecule has 132 valence electrons. The maximum absolute atomic E-state index is 12.5. The van der Waals surface area contributed by atoms with E-state index in [2.05, 4.69) is 10.0 Å². The molecule has 0 atom stereocenters. The van der Waals surface area contributed by atoms with Gasteiger partial charge >= 0.3 is 0 Å². The second kappa shape index (κ2) is 7.25. The number of carbonyl (C=O) groups excluding carboxylic acids is 1. The van der Waals surface area contributed by atoms with Gasteiger partial charge in [-0.15, -0.1) is 0 Å². The molecule has 2 aromatic carbocycles. The number of carbonyl (C=O) groups is 1. The van der Waals surface area contributed by atoms with Gasteiger partial charge in [0.25, 0.3) is 5.91 Å². The molecule has 0 spiro atoms. The maximum atomic E-state index is 12.5. The lowest BCUT2D eigenvalue weighted by Gasteiger charge is -2.11. The van der Waals surface area contributed by atoms with Gasteiger partial charge in [0.05, 0.1) is 12.0 Å². The maximum Gasteiger partial charge on any atom is 0.251 e. The fourth-order valence-electron chi connectivity index (χ4n) is 2.41. The van der Waals surface area contributed by atoms with Crippen LogP contribution in [0.25, 0.3) is 0 Å². The summed E-state index contributed by atoms with van der Waals surface area (Å²) in [5.41, 5.74) is 1.07. The third kappa shape index (κ3) is 4.37. The lowest BCUT2D eigenvalue weighted by atomic mass is 10.2. The molecule has 1 aliphatic carbocycles. The second-order valence-electron chi connectivity index (χ2n) is 5.91. The first kappa shape index (κ1) is 17.4. The molecule has 0 heterocycles. The van der Waals surface area contributed by atoms with Crippen molar-refractivity contribution in [3.63, 3.8) is 0 Å². The Morgan fingerprint density at radius 2 is 1.92 bits per heavy atom. The molecule has 7 heteroatoms. The van der Waals surface area contributed by atoms with Gasteiger partial charge in [0.15, 0.2) is 0 Å². The first-order valence-corrected chi connectivity index (χ1v) is 9.50. The Kier molecular flexibility index (Phi) is 5.06. The fraction of sp³-hybridized carbons (Fsp3) is 0.278. The zero-order valence-electron chi connectivity index (χ0n) is 13.9. The van der Waals surface area contributed by atoms with Crippen molar-refractivity contribution < 1.29 is 17.9 Å². The molecule has 1 fully saturated rings. The van der Waals surface area contributed by atoms with Gasteiger partial charge in [-0.2, -0.15) is 0 Å². The third-order valence-electron chi connectivity index (χ3n) is 3.96. The fourth-order valence-corrected chi connectivity index (χ4v) is 3.46. The summed E-state index contributed by atoms with van der Waals surface area (Å²) < 4.78 is 32.8. The van der Waals surface area contributed by atoms with E-state index >= 15 is 0 Å². The van der Waals surface area contributed by atoms with Crippen LogP contribution >= 0.6 is 0 Å². The third-order valence-corrected chi connectivity index (χ3v) is 5.36. The number of benzene rings is 2. The number of rotatable bonds is 7. The van der Waals surface area contributed by atoms with Crippen LogP contribution in [0.4, 0.5) is 0 Å². The summed E-state index contributed by atoms with van der Waals surface area (Å²) in [6.45, 7) is 0.102. The Balaban J connectivity index is 1.74. The highest BCUT2D eigenvalue weighted by molar-refractivity contribution is 7.89. The number of nitrogens with one attached hydrogen (secondary N) is 2. The number of hydrogen-bond acceptors (Lipinski definition) is 4. The van der Waals surface area contributed by atoms with E-state index in [0.29, 0.717) is 11.3 Å². The van der Waals surface area contributed by atoms with Crippen LogP contribution in [0.1, 0.15) is 28.8 Å². The molecule has 6 nitrogen and oxygen atoms in total. The quantitative estimate of drug-likeness (QED) is 0.792. The molecule has 2 aromatic rings. The van der Waals surface area contributed by atoms with E-state index in [1.807, 2.05) is 12.1 Å². The van der Waals surface area contributed by atoms with Crippen molar-refractivity contribution in [2.45, 2.75) is 30.3 Å². The molecule has 0 aliphatic heterocycles. The van der Waals surface area contributed by atoms with Crippen molar-refractivity contribution in [3.05, 3.63) is 59.7 Å². The number of para-hydroxylation sites is 1. The normalized spacial score (nSPS) is 14.1. The average molecular weight is 360 g/mol. The van der Waals surface area contributed by atoms with Gasteiger partial charge in [0.1, 0.15) is 5.75 Å². The van der Waals surface area contributed by atoms with E-state index in [0.717, 1.165) is 18.4 Å². The molecular weight excluding hydrogens is 340 g/mol. The minimum absolute atomic E-state index is 0.0610. The summed E-state index contributed by atoms with van der Waals surface area (Å²) in [7, 11) is -2.20. The van der Waals surface area contributed by atoms with E-state index in [9.17, 15) is 13.2 Å². The molecule has 0 aromatic heterocycles. The SMILES string of the molecule is COc1ccccc1CNS(=O)(=O)c1cccc(C(=O)NC2CC2)c1. The molecule has 3 rings (SSSR count). The minimum Gasteiger partial charge on any atom is -0.496 e. The minimum atomic E-state index is -3.74. The molecule has 0 saturated heterocycles. The predicted octanol–water partition coefficient (Wildman–Crippen LogP) is 2.07. The standard InChI is InChI=1S/C18H20N2O4S/c1-24-17-8-3-2-5-14(17)12-19-25(22,23)16-7-4-6-13(11-16)18(21)20-15-9-10-15/h2-8,11,15,19H,9-10,12H2,1H3,(H,20,21). The lowest BCUT2D eigenvalue weighted by molar-refractivity contribution is 0.0951. The van der Waals surface area contributed by atoms with Crippen LogP contribution in [0.3, 0.4) is 0 Å². The molecule has 0 bridgehead atoms. The van der Waals surface area contributed by atoms with Crippen LogP contribution in [0, 0.1) is 0 Å². The Bertz CT molecular complexity index is 876. The molecule has 1 saturated carbocycles. The smallest absolute Gasteiger partial charge is 0.251 e. The summed E-state index contributed by atoms with van der Waals surface area (Å²) in [4.78, 5) is 12.2. The van der Waals surface area contributed by atoms with Gasteiger partial charge in [-0.05, 0) is 37.1 Å². The Morgan fingerprint density at radius 1 is 1.16 bits per heavy atom. The van der Waals surface area contributed by atoms with E-state index in [1.54, 1.807) is 24.3 Å². The summed E-state index contributed by atoms with van der Waals surface area (Å²) >= 11 is 0. The first-order valence-electron chi connectivity index (χ1n) is 8.02. The molecule has 0 unspecified atom stereocenters. The van der Waals surface area contributed by atoms with Crippen molar-refractivity contribution in [1.29, 1.82) is 0 Å². The van der Waals surface area contributed by atoms with Crippen molar-refractivity contribution in [2.75, 3.05) is 7.11 Å². The molecule has 25 heavy (non-hydrogen) atoms. The van der Waals surface area contributed by atoms with Gasteiger partial charge in [0, 0.05) is 23.7 Å². The second-order valence-corrected chi connectivity index (χ2v) is 7.68. The molecule has 2 N–H and O–H groups in total. The largest absolute Gasteiger partial charge is 0.496 e. The molecule has 1 amide bonds. The number of sulfonamides is 1. The topological polar surface area (TPSA) is 84.5 Å². The molecular formula is C18H20N2O4S. The lowest BCUT2D eigenvalue weighted by Crippen LogP contribution is -2.26. The van der Waals surface area contributed by atoms with E-state index in [-0.39, 0.29) is 23.4 Å². The van der Waals surface area contributed by atoms with E-state index in [1.165, 1.54) is 19.2 Å². The highest BCUT2D eigenvalue weighted by Crippen LogP contribution is 2.21. The molecule has 1 aliphatic rings. The highest BCUT2D eigenvalue weighted by Gasteiger charge is 2.24. The Hall–Kier alpha value is -2.38. The average Bonchev–Trinajstić information content (AvgIpc) is 3.44. The van der Waals surface area contributed by atoms with Crippen LogP contribution in [0.15, 0.2) is 53.4 Å². The van der Waals surface area contributed by atoms with Crippen LogP contribution in [0.5, 0.6) is 5.75 Å². The van der Waals surface area contributed by atoms with Gasteiger partial charge in [0.2, 0.25) is 10.0 Å². The van der Waals surface area contributed by atoms with Gasteiger partial charge < -0.3 is 10.1 Å². The van der Waals surface area contributed by atoms with Crippen molar-refractivity contribution in [1.82, 2.24) is 10.0 Å². The van der Waals surface area contributed by atoms with Gasteiger partial charge in [-0.25, -0.2) is 13.1 Å². The summed E-state index contributed by atoms with van der Waals surface area (Å²) in [6.07, 6.45) is 1.95. The summed E-state index contributed by atoms with van der Waals surface area (Å²) in [5.74, 6) is 0.368. The first-order chi connectivity index (χ1) is 12.0. The van der Waals surface area contributed by atoms with Crippen LogP contribution in [0.2, 0.25) is 0 Å². The predicted molar refractivity (Wildman–Crippen MR) is 93.9 cm³/mol. The van der Waals surface area contributed by atoms with Crippen LogP contribution in [-0.2, 0) is 16.6 Å². The van der Waals surface area contributed by atoms with Crippen LogP contribution < -0.4 is 14.8 Å². The van der Waals surface area contributed by atoms with E-state index < -0.39 is 10.0 Å². The highest BCUT2D eigenvalue weighted by atomic mass is 32.2. The van der Waals surface area contributed by atoms with Crippen molar-refractivity contribution in [2.24, 2.45) is 0 Å². The number of hydrogen-bond donors (Lipinski definition) is 2. The molecule has 0 radical (unpaired) electrons. The number of amides is 1. The summed E-state index contributed by atoms with van der Waals surface area (Å²) in [6, 6.07) is 13.5. The van der Waals surface area contributed by atoms with Gasteiger partial charge in [-0.1, -0.05) is 24.3 Å². The van der Waals surface area contributed by atoms with E-state index in [4.69, 9.17) is 4.74 Å². The number of methoxy groups -OCH3 is 1. The van der Waals surface area contributed by atoms with Crippen LogP contribution in [-0.4, -0.2) is 27.5 Å². The monoisotopic (exact) mass is 360 g/mol. The van der Waals surface area contributed by atoms with Gasteiger partial charge in [-0.3, -0.25) is 4.79 Å². The Labute approximate surface area is 147 Å². The Morgan fingerprint density at radius 3 is 2.64 bits per heavy atom. The number of ether oxygens (including phenoxy) is 1. The summed E-state index contributed by atoms with van der Waals surface area (Å²) in [5, 5.41) is 2.85. The zero-order valence-corrected chi connectivity index (χ0v) is 14.7. The zero-order chi connectivity index (χ0) is 17.9.